The number of anilines is 1. The first-order chi connectivity index (χ1) is 7.08. The Hall–Kier alpha value is -1.62. The summed E-state index contributed by atoms with van der Waals surface area (Å²) in [6.07, 6.45) is 0. The predicted molar refractivity (Wildman–Crippen MR) is 61.4 cm³/mol. The summed E-state index contributed by atoms with van der Waals surface area (Å²) in [4.78, 5) is 22.2. The zero-order valence-corrected chi connectivity index (χ0v) is 9.22. The second-order valence-electron chi connectivity index (χ2n) is 3.29. The van der Waals surface area contributed by atoms with Gasteiger partial charge in [0.1, 0.15) is 0 Å². The highest BCUT2D eigenvalue weighted by Gasteiger charge is 2.04. The van der Waals surface area contributed by atoms with Gasteiger partial charge in [-0.1, -0.05) is 11.3 Å². The van der Waals surface area contributed by atoms with Crippen molar-refractivity contribution in [2.45, 2.75) is 6.92 Å². The number of hydrogen-bond acceptors (Lipinski definition) is 3. The number of thiazole rings is 1. The van der Waals surface area contributed by atoms with Gasteiger partial charge in [-0.2, -0.15) is 0 Å². The van der Waals surface area contributed by atoms with Gasteiger partial charge in [-0.05, 0) is 18.2 Å². The molecule has 0 saturated heterocycles. The van der Waals surface area contributed by atoms with Crippen LogP contribution in [0.3, 0.4) is 0 Å². The van der Waals surface area contributed by atoms with Gasteiger partial charge >= 0.3 is 4.87 Å². The molecule has 0 aliphatic rings. The van der Waals surface area contributed by atoms with Crippen LogP contribution in [0.1, 0.15) is 6.92 Å². The van der Waals surface area contributed by atoms with E-state index < -0.39 is 0 Å². The van der Waals surface area contributed by atoms with Gasteiger partial charge in [0, 0.05) is 19.7 Å². The molecular weight excluding hydrogens is 212 g/mol. The molecule has 0 bridgehead atoms. The van der Waals surface area contributed by atoms with Crippen molar-refractivity contribution in [2.24, 2.45) is 7.05 Å². The normalized spacial score (nSPS) is 10.5. The lowest BCUT2D eigenvalue weighted by Crippen LogP contribution is -2.06. The third-order valence-electron chi connectivity index (χ3n) is 2.11. The van der Waals surface area contributed by atoms with E-state index in [1.807, 2.05) is 12.1 Å². The fraction of sp³-hybridized carbons (Fsp3) is 0.200. The molecule has 0 radical (unpaired) electrons. The van der Waals surface area contributed by atoms with Crippen molar-refractivity contribution in [3.63, 3.8) is 0 Å². The van der Waals surface area contributed by atoms with E-state index in [9.17, 15) is 9.59 Å². The van der Waals surface area contributed by atoms with E-state index in [1.165, 1.54) is 18.3 Å². The Bertz CT molecular complexity index is 583. The number of amides is 1. The molecule has 2 rings (SSSR count). The van der Waals surface area contributed by atoms with Gasteiger partial charge in [0.15, 0.2) is 0 Å². The summed E-state index contributed by atoms with van der Waals surface area (Å²) >= 11 is 1.18. The summed E-state index contributed by atoms with van der Waals surface area (Å²) in [7, 11) is 1.74. The van der Waals surface area contributed by atoms with E-state index >= 15 is 0 Å². The number of benzene rings is 1. The van der Waals surface area contributed by atoms with Crippen LogP contribution >= 0.6 is 11.3 Å². The number of rotatable bonds is 1. The standard InChI is InChI=1S/C10H10N2O2S/c1-6(13)11-7-3-4-8-9(5-7)15-10(14)12(8)2/h3-5H,1-2H3,(H,11,13). The van der Waals surface area contributed by atoms with Crippen LogP contribution in [0.5, 0.6) is 0 Å². The Morgan fingerprint density at radius 3 is 2.87 bits per heavy atom. The van der Waals surface area contributed by atoms with E-state index in [1.54, 1.807) is 17.7 Å². The summed E-state index contributed by atoms with van der Waals surface area (Å²) in [5, 5.41) is 2.68. The molecule has 5 heteroatoms. The van der Waals surface area contributed by atoms with E-state index in [2.05, 4.69) is 5.32 Å². The first-order valence-corrected chi connectivity index (χ1v) is 5.27. The van der Waals surface area contributed by atoms with E-state index in [4.69, 9.17) is 0 Å². The van der Waals surface area contributed by atoms with Crippen molar-refractivity contribution in [2.75, 3.05) is 5.32 Å². The molecule has 0 aliphatic carbocycles. The van der Waals surface area contributed by atoms with Crippen molar-refractivity contribution in [1.82, 2.24) is 4.57 Å². The second-order valence-corrected chi connectivity index (χ2v) is 4.28. The molecule has 0 saturated carbocycles. The highest BCUT2D eigenvalue weighted by molar-refractivity contribution is 7.16. The molecule has 0 spiro atoms. The number of aromatic nitrogens is 1. The molecule has 0 fully saturated rings. The summed E-state index contributed by atoms with van der Waals surface area (Å²) in [6, 6.07) is 5.43. The van der Waals surface area contributed by atoms with E-state index in [0.29, 0.717) is 0 Å². The minimum Gasteiger partial charge on any atom is -0.326 e. The fourth-order valence-corrected chi connectivity index (χ4v) is 2.33. The minimum absolute atomic E-state index is 0.00461. The lowest BCUT2D eigenvalue weighted by atomic mass is 10.3. The Balaban J connectivity index is 2.57. The largest absolute Gasteiger partial charge is 0.326 e. The monoisotopic (exact) mass is 222 g/mol. The van der Waals surface area contributed by atoms with Crippen LogP contribution < -0.4 is 10.2 Å². The molecule has 2 aromatic rings. The first-order valence-electron chi connectivity index (χ1n) is 4.45. The zero-order valence-electron chi connectivity index (χ0n) is 8.40. The third kappa shape index (κ3) is 1.78. The van der Waals surface area contributed by atoms with E-state index in [0.717, 1.165) is 15.9 Å². The lowest BCUT2D eigenvalue weighted by Gasteiger charge is -2.01. The van der Waals surface area contributed by atoms with Gasteiger partial charge in [-0.3, -0.25) is 9.59 Å². The van der Waals surface area contributed by atoms with Crippen molar-refractivity contribution in [3.8, 4) is 0 Å². The van der Waals surface area contributed by atoms with Crippen molar-refractivity contribution in [1.29, 1.82) is 0 Å². The van der Waals surface area contributed by atoms with Crippen molar-refractivity contribution in [3.05, 3.63) is 27.9 Å². The number of fused-ring (bicyclic) bond motifs is 1. The number of aryl methyl sites for hydroxylation is 1. The third-order valence-corrected chi connectivity index (χ3v) is 3.11. The van der Waals surface area contributed by atoms with Crippen molar-refractivity contribution < 1.29 is 4.79 Å². The van der Waals surface area contributed by atoms with Gasteiger partial charge < -0.3 is 9.88 Å². The maximum absolute atomic E-state index is 11.4. The highest BCUT2D eigenvalue weighted by atomic mass is 32.1. The van der Waals surface area contributed by atoms with Crippen LogP contribution in [0.4, 0.5) is 5.69 Å². The van der Waals surface area contributed by atoms with Gasteiger partial charge in [0.25, 0.3) is 0 Å². The first kappa shape index (κ1) is 9.92. The molecule has 1 aromatic heterocycles. The zero-order chi connectivity index (χ0) is 11.0. The molecule has 0 unspecified atom stereocenters. The number of carbonyl (C=O) groups is 1. The quantitative estimate of drug-likeness (QED) is 0.796. The Labute approximate surface area is 90.2 Å². The molecule has 1 amide bonds. The predicted octanol–water partition coefficient (Wildman–Crippen LogP) is 1.56. The summed E-state index contributed by atoms with van der Waals surface area (Å²) in [5.74, 6) is -0.113. The average Bonchev–Trinajstić information content (AvgIpc) is 2.41. The molecule has 0 atom stereocenters. The van der Waals surface area contributed by atoms with Gasteiger partial charge in [0.05, 0.1) is 10.2 Å². The molecule has 4 nitrogen and oxygen atoms in total. The smallest absolute Gasteiger partial charge is 0.307 e. The van der Waals surface area contributed by atoms with Crippen molar-refractivity contribution >= 4 is 33.1 Å². The molecule has 15 heavy (non-hydrogen) atoms. The van der Waals surface area contributed by atoms with Gasteiger partial charge in [0.2, 0.25) is 5.91 Å². The highest BCUT2D eigenvalue weighted by Crippen LogP contribution is 2.20. The molecule has 0 aliphatic heterocycles. The number of nitrogens with one attached hydrogen (secondary N) is 1. The average molecular weight is 222 g/mol. The maximum atomic E-state index is 11.4. The topological polar surface area (TPSA) is 51.1 Å². The minimum atomic E-state index is -0.113. The molecule has 1 N–H and O–H groups in total. The van der Waals surface area contributed by atoms with Crippen LogP contribution in [0.2, 0.25) is 0 Å². The van der Waals surface area contributed by atoms with E-state index in [-0.39, 0.29) is 10.8 Å². The summed E-state index contributed by atoms with van der Waals surface area (Å²) in [5.41, 5.74) is 1.61. The molecule has 1 aromatic carbocycles. The van der Waals surface area contributed by atoms with Crippen LogP contribution in [-0.2, 0) is 11.8 Å². The van der Waals surface area contributed by atoms with Crippen LogP contribution in [0.15, 0.2) is 23.0 Å². The van der Waals surface area contributed by atoms with Crippen LogP contribution in [-0.4, -0.2) is 10.5 Å². The number of nitrogens with zero attached hydrogens (tertiary/aromatic N) is 1. The molecule has 1 heterocycles. The number of hydrogen-bond donors (Lipinski definition) is 1. The second kappa shape index (κ2) is 3.51. The van der Waals surface area contributed by atoms with Crippen LogP contribution in [0, 0.1) is 0 Å². The Kier molecular flexibility index (Phi) is 2.32. The Morgan fingerprint density at radius 2 is 2.20 bits per heavy atom. The van der Waals surface area contributed by atoms with Crippen LogP contribution in [0.25, 0.3) is 10.2 Å². The molecular formula is C10H10N2O2S. The number of carbonyl (C=O) groups excluding carboxylic acids is 1. The summed E-state index contributed by atoms with van der Waals surface area (Å²) < 4.78 is 2.48. The maximum Gasteiger partial charge on any atom is 0.307 e. The summed E-state index contributed by atoms with van der Waals surface area (Å²) in [6.45, 7) is 1.46. The Morgan fingerprint density at radius 1 is 1.47 bits per heavy atom. The molecule has 78 valence electrons. The lowest BCUT2D eigenvalue weighted by molar-refractivity contribution is -0.114. The van der Waals surface area contributed by atoms with Gasteiger partial charge in [-0.15, -0.1) is 0 Å². The fourth-order valence-electron chi connectivity index (χ4n) is 1.41. The van der Waals surface area contributed by atoms with Gasteiger partial charge in [-0.25, -0.2) is 0 Å². The SMILES string of the molecule is CC(=O)Nc1ccc2c(c1)sc(=O)n2C.